The van der Waals surface area contributed by atoms with E-state index in [1.807, 2.05) is 7.05 Å². The van der Waals surface area contributed by atoms with E-state index in [1.165, 1.54) is 19.6 Å². The Morgan fingerprint density at radius 1 is 1.38 bits per heavy atom. The van der Waals surface area contributed by atoms with Gasteiger partial charge in [0.05, 0.1) is 7.11 Å². The quantitative estimate of drug-likeness (QED) is 0.816. The van der Waals surface area contributed by atoms with E-state index in [1.54, 1.807) is 0 Å². The number of hydrogen-bond donors (Lipinski definition) is 2. The molecule has 1 aliphatic rings. The van der Waals surface area contributed by atoms with Crippen molar-refractivity contribution in [2.75, 3.05) is 19.5 Å². The number of methoxy groups -OCH3 is 1. The lowest BCUT2D eigenvalue weighted by molar-refractivity contribution is -0.118. The molecule has 6 nitrogen and oxygen atoms in total. The molecule has 1 aromatic heterocycles. The molecule has 1 saturated carbocycles. The van der Waals surface area contributed by atoms with Gasteiger partial charge in [0, 0.05) is 18.0 Å². The van der Waals surface area contributed by atoms with Crippen LogP contribution in [-0.2, 0) is 4.79 Å². The van der Waals surface area contributed by atoms with Crippen LogP contribution < -0.4 is 15.4 Å². The summed E-state index contributed by atoms with van der Waals surface area (Å²) in [4.78, 5) is 20.3. The number of nitrogens with zero attached hydrogens (tertiary/aromatic N) is 2. The van der Waals surface area contributed by atoms with Crippen molar-refractivity contribution in [3.63, 3.8) is 0 Å². The van der Waals surface area contributed by atoms with Crippen LogP contribution in [0.3, 0.4) is 0 Å². The number of halogens is 1. The summed E-state index contributed by atoms with van der Waals surface area (Å²) in [6.07, 6.45) is 5.96. The molecule has 7 heteroatoms. The average Bonchev–Trinajstić information content (AvgIpc) is 2.47. The smallest absolute Gasteiger partial charge is 0.234 e. The highest BCUT2D eigenvalue weighted by Gasteiger charge is 2.32. The van der Waals surface area contributed by atoms with Gasteiger partial charge >= 0.3 is 0 Å². The molecule has 0 bridgehead atoms. The summed E-state index contributed by atoms with van der Waals surface area (Å²) in [5, 5.41) is 6.25. The molecule has 116 valence electrons. The van der Waals surface area contributed by atoms with E-state index in [-0.39, 0.29) is 22.5 Å². The van der Waals surface area contributed by atoms with Crippen molar-refractivity contribution in [1.82, 2.24) is 15.3 Å². The first kappa shape index (κ1) is 16.0. The summed E-state index contributed by atoms with van der Waals surface area (Å²) in [5.41, 5.74) is -0.120. The Labute approximate surface area is 129 Å². The molecule has 0 atom stereocenters. The molecule has 0 unspecified atom stereocenters. The topological polar surface area (TPSA) is 76.1 Å². The van der Waals surface area contributed by atoms with Crippen molar-refractivity contribution in [1.29, 1.82) is 0 Å². The summed E-state index contributed by atoms with van der Waals surface area (Å²) >= 11 is 5.86. The molecule has 1 aliphatic carbocycles. The first-order valence-electron chi connectivity index (χ1n) is 7.14. The highest BCUT2D eigenvalue weighted by atomic mass is 35.5. The van der Waals surface area contributed by atoms with E-state index in [0.29, 0.717) is 12.3 Å². The lowest BCUT2D eigenvalue weighted by atomic mass is 9.79. The zero-order chi connectivity index (χ0) is 15.3. The van der Waals surface area contributed by atoms with Crippen LogP contribution in [0.4, 0.5) is 5.95 Å². The summed E-state index contributed by atoms with van der Waals surface area (Å²) in [7, 11) is 3.40. The van der Waals surface area contributed by atoms with Gasteiger partial charge in [0.2, 0.25) is 17.7 Å². The zero-order valence-electron chi connectivity index (χ0n) is 12.4. The highest BCUT2D eigenvalue weighted by molar-refractivity contribution is 6.29. The van der Waals surface area contributed by atoms with Crippen LogP contribution in [0.15, 0.2) is 6.07 Å². The molecular weight excluding hydrogens is 292 g/mol. The van der Waals surface area contributed by atoms with E-state index in [4.69, 9.17) is 16.3 Å². The van der Waals surface area contributed by atoms with Gasteiger partial charge in [-0.25, -0.2) is 4.98 Å². The fourth-order valence-corrected chi connectivity index (χ4v) is 2.95. The third-order valence-corrected chi connectivity index (χ3v) is 4.17. The zero-order valence-corrected chi connectivity index (χ0v) is 13.2. The minimum Gasteiger partial charge on any atom is -0.481 e. The summed E-state index contributed by atoms with van der Waals surface area (Å²) in [6.45, 7) is 0. The number of carbonyl (C=O) groups excluding carboxylic acids is 1. The fraction of sp³-hybridized carbons (Fsp3) is 0.643. The van der Waals surface area contributed by atoms with Crippen LogP contribution in [0.25, 0.3) is 0 Å². The van der Waals surface area contributed by atoms with Gasteiger partial charge in [-0.15, -0.1) is 0 Å². The molecule has 0 aliphatic heterocycles. The Morgan fingerprint density at radius 2 is 2.10 bits per heavy atom. The second-order valence-electron chi connectivity index (χ2n) is 5.37. The van der Waals surface area contributed by atoms with Crippen molar-refractivity contribution in [2.24, 2.45) is 0 Å². The van der Waals surface area contributed by atoms with Crippen molar-refractivity contribution < 1.29 is 9.53 Å². The molecule has 2 N–H and O–H groups in total. The van der Waals surface area contributed by atoms with E-state index in [0.717, 1.165) is 25.7 Å². The van der Waals surface area contributed by atoms with E-state index < -0.39 is 0 Å². The predicted octanol–water partition coefficient (Wildman–Crippen LogP) is 2.39. The monoisotopic (exact) mass is 312 g/mol. The molecule has 21 heavy (non-hydrogen) atoms. The SMILES string of the molecule is CNC1(CC(=O)Nc2nc(Cl)cc(OC)n2)CCCCC1. The second-order valence-corrected chi connectivity index (χ2v) is 5.76. The van der Waals surface area contributed by atoms with Gasteiger partial charge < -0.3 is 10.1 Å². The molecule has 2 rings (SSSR count). The second kappa shape index (κ2) is 7.04. The maximum atomic E-state index is 12.2. The van der Waals surface area contributed by atoms with Gasteiger partial charge in [0.1, 0.15) is 5.15 Å². The lowest BCUT2D eigenvalue weighted by Crippen LogP contribution is -2.47. The van der Waals surface area contributed by atoms with Gasteiger partial charge in [0.25, 0.3) is 0 Å². The molecule has 1 fully saturated rings. The molecule has 1 heterocycles. The van der Waals surface area contributed by atoms with E-state index >= 15 is 0 Å². The molecular formula is C14H21ClN4O2. The maximum absolute atomic E-state index is 12.2. The number of amides is 1. The van der Waals surface area contributed by atoms with Gasteiger partial charge in [0.15, 0.2) is 0 Å². The molecule has 1 amide bonds. The minimum absolute atomic E-state index is 0.115. The maximum Gasteiger partial charge on any atom is 0.234 e. The third-order valence-electron chi connectivity index (χ3n) is 3.97. The summed E-state index contributed by atoms with van der Waals surface area (Å²) in [5.74, 6) is 0.383. The Hall–Kier alpha value is -1.40. The Balaban J connectivity index is 2.02. The van der Waals surface area contributed by atoms with Crippen LogP contribution >= 0.6 is 11.6 Å². The first-order chi connectivity index (χ1) is 10.1. The predicted molar refractivity (Wildman–Crippen MR) is 81.7 cm³/mol. The fourth-order valence-electron chi connectivity index (χ4n) is 2.78. The number of ether oxygens (including phenoxy) is 1. The van der Waals surface area contributed by atoms with Crippen LogP contribution in [0, 0.1) is 0 Å². The largest absolute Gasteiger partial charge is 0.481 e. The minimum atomic E-state index is -0.120. The molecule has 0 radical (unpaired) electrons. The van der Waals surface area contributed by atoms with Crippen LogP contribution in [0.1, 0.15) is 38.5 Å². The Bertz CT molecular complexity index is 504. The van der Waals surface area contributed by atoms with E-state index in [9.17, 15) is 4.79 Å². The van der Waals surface area contributed by atoms with Crippen molar-refractivity contribution >= 4 is 23.5 Å². The van der Waals surface area contributed by atoms with Crippen molar-refractivity contribution in [3.8, 4) is 5.88 Å². The average molecular weight is 313 g/mol. The molecule has 0 saturated heterocycles. The lowest BCUT2D eigenvalue weighted by Gasteiger charge is -2.36. The standard InChI is InChI=1S/C14H21ClN4O2/c1-16-14(6-4-3-5-7-14)9-11(20)18-13-17-10(15)8-12(19-13)21-2/h8,16H,3-7,9H2,1-2H3,(H,17,18,19,20). The van der Waals surface area contributed by atoms with Crippen molar-refractivity contribution in [2.45, 2.75) is 44.1 Å². The highest BCUT2D eigenvalue weighted by Crippen LogP contribution is 2.31. The number of hydrogen-bond acceptors (Lipinski definition) is 5. The van der Waals surface area contributed by atoms with Crippen LogP contribution in [0.5, 0.6) is 5.88 Å². The van der Waals surface area contributed by atoms with Gasteiger partial charge in [-0.05, 0) is 19.9 Å². The first-order valence-corrected chi connectivity index (χ1v) is 7.52. The number of carbonyl (C=O) groups is 1. The Morgan fingerprint density at radius 3 is 2.71 bits per heavy atom. The number of anilines is 1. The Kier molecular flexibility index (Phi) is 5.36. The van der Waals surface area contributed by atoms with Crippen molar-refractivity contribution in [3.05, 3.63) is 11.2 Å². The molecule has 1 aromatic rings. The normalized spacial score (nSPS) is 17.3. The number of nitrogens with one attached hydrogen (secondary N) is 2. The third kappa shape index (κ3) is 4.28. The van der Waals surface area contributed by atoms with Gasteiger partial charge in [-0.3, -0.25) is 10.1 Å². The molecule has 0 aromatic carbocycles. The van der Waals surface area contributed by atoms with Gasteiger partial charge in [-0.1, -0.05) is 30.9 Å². The van der Waals surface area contributed by atoms with Crippen LogP contribution in [-0.4, -0.2) is 35.6 Å². The summed E-state index contributed by atoms with van der Waals surface area (Å²) < 4.78 is 5.01. The van der Waals surface area contributed by atoms with Gasteiger partial charge in [-0.2, -0.15) is 4.98 Å². The van der Waals surface area contributed by atoms with E-state index in [2.05, 4.69) is 20.6 Å². The summed E-state index contributed by atoms with van der Waals surface area (Å²) in [6, 6.07) is 1.49. The number of rotatable bonds is 5. The van der Waals surface area contributed by atoms with Crippen LogP contribution in [0.2, 0.25) is 5.15 Å². The number of aromatic nitrogens is 2. The molecule has 0 spiro atoms.